The molecule has 0 saturated heterocycles. The zero-order valence-electron chi connectivity index (χ0n) is 11.8. The van der Waals surface area contributed by atoms with Crippen molar-refractivity contribution in [3.05, 3.63) is 29.8 Å². The Bertz CT molecular complexity index is 428. The Balaban J connectivity index is 2.41. The molecule has 2 atom stereocenters. The lowest BCUT2D eigenvalue weighted by molar-refractivity contribution is 0.0649. The molecular formula is C15H22N2O2. The molecular weight excluding hydrogens is 240 g/mol. The summed E-state index contributed by atoms with van der Waals surface area (Å²) >= 11 is 0. The number of nitrogens with zero attached hydrogens (tertiary/aromatic N) is 2. The number of aliphatic hydroxyl groups excluding tert-OH is 1. The van der Waals surface area contributed by atoms with Gasteiger partial charge in [-0.15, -0.1) is 0 Å². The molecule has 0 aliphatic rings. The maximum Gasteiger partial charge on any atom is 0.120 e. The predicted octanol–water partition coefficient (Wildman–Crippen LogP) is 2.03. The molecule has 4 heteroatoms. The minimum atomic E-state index is -0.537. The number of ether oxygens (including phenoxy) is 1. The van der Waals surface area contributed by atoms with Gasteiger partial charge in [0.1, 0.15) is 18.5 Å². The molecule has 0 aliphatic carbocycles. The molecule has 19 heavy (non-hydrogen) atoms. The second-order valence-electron chi connectivity index (χ2n) is 4.80. The van der Waals surface area contributed by atoms with Crippen molar-refractivity contribution in [2.75, 3.05) is 20.2 Å². The second kappa shape index (κ2) is 7.78. The van der Waals surface area contributed by atoms with E-state index in [0.717, 1.165) is 6.42 Å². The average Bonchev–Trinajstić information content (AvgIpc) is 2.44. The highest BCUT2D eigenvalue weighted by molar-refractivity contribution is 5.36. The summed E-state index contributed by atoms with van der Waals surface area (Å²) in [5, 5.41) is 18.7. The van der Waals surface area contributed by atoms with E-state index in [-0.39, 0.29) is 6.61 Å². The number of benzene rings is 1. The lowest BCUT2D eigenvalue weighted by Gasteiger charge is -2.26. The number of likely N-dealkylation sites (N-methyl/N-ethyl adjacent to an activating group) is 1. The van der Waals surface area contributed by atoms with Crippen molar-refractivity contribution in [1.82, 2.24) is 4.90 Å². The molecule has 4 nitrogen and oxygen atoms in total. The molecule has 0 saturated carbocycles. The Hall–Kier alpha value is -1.57. The molecule has 0 heterocycles. The zero-order chi connectivity index (χ0) is 14.3. The van der Waals surface area contributed by atoms with Gasteiger partial charge in [-0.05, 0) is 38.6 Å². The fourth-order valence-corrected chi connectivity index (χ4v) is 1.72. The molecule has 2 unspecified atom stereocenters. The molecule has 1 rings (SSSR count). The molecule has 1 aromatic carbocycles. The molecule has 104 valence electrons. The third-order valence-electron chi connectivity index (χ3n) is 3.25. The number of hydrogen-bond acceptors (Lipinski definition) is 4. The molecule has 0 radical (unpaired) electrons. The third-order valence-corrected chi connectivity index (χ3v) is 3.25. The van der Waals surface area contributed by atoms with Crippen molar-refractivity contribution in [3.63, 3.8) is 0 Å². The fraction of sp³-hybridized carbons (Fsp3) is 0.533. The van der Waals surface area contributed by atoms with Crippen LogP contribution in [-0.2, 0) is 0 Å². The minimum Gasteiger partial charge on any atom is -0.491 e. The van der Waals surface area contributed by atoms with Crippen LogP contribution in [0.25, 0.3) is 0 Å². The fourth-order valence-electron chi connectivity index (χ4n) is 1.72. The first-order chi connectivity index (χ1) is 9.06. The summed E-state index contributed by atoms with van der Waals surface area (Å²) in [6.07, 6.45) is 0.513. The van der Waals surface area contributed by atoms with Crippen LogP contribution in [0.1, 0.15) is 25.8 Å². The van der Waals surface area contributed by atoms with Crippen LogP contribution in [0.15, 0.2) is 24.3 Å². The Morgan fingerprint density at radius 2 is 2.21 bits per heavy atom. The van der Waals surface area contributed by atoms with Crippen LogP contribution in [0, 0.1) is 11.3 Å². The van der Waals surface area contributed by atoms with Gasteiger partial charge in [-0.3, -0.25) is 0 Å². The van der Waals surface area contributed by atoms with Crippen LogP contribution in [0.2, 0.25) is 0 Å². The third kappa shape index (κ3) is 5.29. The highest BCUT2D eigenvalue weighted by Crippen LogP contribution is 2.13. The zero-order valence-corrected chi connectivity index (χ0v) is 11.8. The maximum atomic E-state index is 9.92. The summed E-state index contributed by atoms with van der Waals surface area (Å²) < 4.78 is 5.50. The van der Waals surface area contributed by atoms with Gasteiger partial charge in [0, 0.05) is 12.6 Å². The van der Waals surface area contributed by atoms with E-state index in [2.05, 4.69) is 24.8 Å². The topological polar surface area (TPSA) is 56.5 Å². The van der Waals surface area contributed by atoms with Crippen LogP contribution in [0.3, 0.4) is 0 Å². The van der Waals surface area contributed by atoms with Crippen molar-refractivity contribution in [1.29, 1.82) is 5.26 Å². The van der Waals surface area contributed by atoms with E-state index in [4.69, 9.17) is 10.00 Å². The van der Waals surface area contributed by atoms with Gasteiger partial charge >= 0.3 is 0 Å². The highest BCUT2D eigenvalue weighted by Gasteiger charge is 2.13. The van der Waals surface area contributed by atoms with Gasteiger partial charge in [-0.25, -0.2) is 0 Å². The number of aliphatic hydroxyl groups is 1. The normalized spacial score (nSPS) is 13.9. The molecule has 0 bridgehead atoms. The average molecular weight is 262 g/mol. The van der Waals surface area contributed by atoms with Crippen molar-refractivity contribution < 1.29 is 9.84 Å². The first kappa shape index (κ1) is 15.5. The molecule has 0 spiro atoms. The largest absolute Gasteiger partial charge is 0.491 e. The van der Waals surface area contributed by atoms with Crippen LogP contribution in [0.5, 0.6) is 5.75 Å². The molecule has 1 N–H and O–H groups in total. The van der Waals surface area contributed by atoms with Gasteiger partial charge in [0.25, 0.3) is 0 Å². The van der Waals surface area contributed by atoms with Gasteiger partial charge in [0.2, 0.25) is 0 Å². The van der Waals surface area contributed by atoms with Crippen molar-refractivity contribution >= 4 is 0 Å². The van der Waals surface area contributed by atoms with E-state index in [9.17, 15) is 5.11 Å². The second-order valence-corrected chi connectivity index (χ2v) is 4.80. The monoisotopic (exact) mass is 262 g/mol. The van der Waals surface area contributed by atoms with Crippen LogP contribution in [0.4, 0.5) is 0 Å². The van der Waals surface area contributed by atoms with Gasteiger partial charge in [-0.1, -0.05) is 13.0 Å². The summed E-state index contributed by atoms with van der Waals surface area (Å²) in [5.74, 6) is 0.615. The molecule has 0 fully saturated rings. The van der Waals surface area contributed by atoms with E-state index >= 15 is 0 Å². The van der Waals surface area contributed by atoms with E-state index in [1.54, 1.807) is 24.3 Å². The van der Waals surface area contributed by atoms with E-state index in [0.29, 0.717) is 23.9 Å². The molecule has 1 aromatic rings. The van der Waals surface area contributed by atoms with Gasteiger partial charge in [-0.2, -0.15) is 5.26 Å². The predicted molar refractivity (Wildman–Crippen MR) is 75.0 cm³/mol. The molecule has 0 aliphatic heterocycles. The van der Waals surface area contributed by atoms with Crippen molar-refractivity contribution in [2.24, 2.45) is 0 Å². The SMILES string of the molecule is CCC(C)N(C)CC(O)COc1cccc(C#N)c1. The van der Waals surface area contributed by atoms with Crippen LogP contribution in [-0.4, -0.2) is 42.4 Å². The Morgan fingerprint density at radius 3 is 2.84 bits per heavy atom. The molecule has 0 amide bonds. The maximum absolute atomic E-state index is 9.92. The summed E-state index contributed by atoms with van der Waals surface area (Å²) in [6.45, 7) is 5.06. The van der Waals surface area contributed by atoms with E-state index < -0.39 is 6.10 Å². The van der Waals surface area contributed by atoms with Crippen LogP contribution < -0.4 is 4.74 Å². The quantitative estimate of drug-likeness (QED) is 0.817. The first-order valence-corrected chi connectivity index (χ1v) is 6.58. The van der Waals surface area contributed by atoms with Crippen molar-refractivity contribution in [3.8, 4) is 11.8 Å². The molecule has 0 aromatic heterocycles. The first-order valence-electron chi connectivity index (χ1n) is 6.58. The smallest absolute Gasteiger partial charge is 0.120 e. The Morgan fingerprint density at radius 1 is 1.47 bits per heavy atom. The van der Waals surface area contributed by atoms with Crippen molar-refractivity contribution in [2.45, 2.75) is 32.4 Å². The summed E-state index contributed by atoms with van der Waals surface area (Å²) in [6, 6.07) is 9.45. The minimum absolute atomic E-state index is 0.232. The summed E-state index contributed by atoms with van der Waals surface area (Å²) in [5.41, 5.74) is 0.559. The lowest BCUT2D eigenvalue weighted by atomic mass is 10.2. The standard InChI is InChI=1S/C15H22N2O2/c1-4-12(2)17(3)10-14(18)11-19-15-7-5-6-13(8-15)9-16/h5-8,12,14,18H,4,10-11H2,1-3H3. The van der Waals surface area contributed by atoms with Gasteiger partial charge < -0.3 is 14.7 Å². The number of nitriles is 1. The Kier molecular flexibility index (Phi) is 6.34. The summed E-state index contributed by atoms with van der Waals surface area (Å²) in [7, 11) is 1.99. The highest BCUT2D eigenvalue weighted by atomic mass is 16.5. The summed E-state index contributed by atoms with van der Waals surface area (Å²) in [4.78, 5) is 2.11. The Labute approximate surface area is 115 Å². The number of rotatable bonds is 7. The number of hydrogen-bond donors (Lipinski definition) is 1. The lowest BCUT2D eigenvalue weighted by Crippen LogP contribution is -2.38. The van der Waals surface area contributed by atoms with E-state index in [1.807, 2.05) is 7.05 Å². The van der Waals surface area contributed by atoms with Crippen LogP contribution >= 0.6 is 0 Å². The van der Waals surface area contributed by atoms with Gasteiger partial charge in [0.05, 0.1) is 11.6 Å². The van der Waals surface area contributed by atoms with E-state index in [1.165, 1.54) is 0 Å². The van der Waals surface area contributed by atoms with Gasteiger partial charge in [0.15, 0.2) is 0 Å².